The molecule has 2 aromatic rings. The number of hydrogen-bond acceptors (Lipinski definition) is 1. The molecule has 18 heavy (non-hydrogen) atoms. The first-order valence-corrected chi connectivity index (χ1v) is 5.84. The summed E-state index contributed by atoms with van der Waals surface area (Å²) >= 11 is 0. The van der Waals surface area contributed by atoms with Gasteiger partial charge in [0.1, 0.15) is 11.6 Å². The molecule has 0 saturated heterocycles. The van der Waals surface area contributed by atoms with Crippen LogP contribution < -0.4 is 5.73 Å². The molecular weight excluding hydrogens is 232 g/mol. The minimum atomic E-state index is -0.282. The highest BCUT2D eigenvalue weighted by Crippen LogP contribution is 2.27. The number of nitrogens with two attached hydrogens (primary N) is 1. The second kappa shape index (κ2) is 5.27. The van der Waals surface area contributed by atoms with E-state index in [0.29, 0.717) is 11.1 Å². The maximum atomic E-state index is 13.8. The molecule has 1 nitrogen and oxygen atoms in total. The molecule has 1 atom stereocenters. The summed E-state index contributed by atoms with van der Waals surface area (Å²) < 4.78 is 27.0. The van der Waals surface area contributed by atoms with Crippen molar-refractivity contribution < 1.29 is 8.78 Å². The molecule has 0 aliphatic carbocycles. The number of hydrogen-bond donors (Lipinski definition) is 1. The van der Waals surface area contributed by atoms with E-state index in [1.165, 1.54) is 12.1 Å². The normalized spacial score (nSPS) is 12.4. The number of rotatable bonds is 3. The van der Waals surface area contributed by atoms with E-state index >= 15 is 0 Å². The van der Waals surface area contributed by atoms with Crippen LogP contribution in [0.15, 0.2) is 42.5 Å². The fourth-order valence-corrected chi connectivity index (χ4v) is 2.08. The van der Waals surface area contributed by atoms with Crippen molar-refractivity contribution in [1.82, 2.24) is 0 Å². The van der Waals surface area contributed by atoms with E-state index < -0.39 is 0 Å². The van der Waals surface area contributed by atoms with E-state index in [-0.39, 0.29) is 24.1 Å². The van der Waals surface area contributed by atoms with Crippen molar-refractivity contribution in [2.75, 3.05) is 6.54 Å². The minimum absolute atomic E-state index is 0.245. The third-order valence-corrected chi connectivity index (χ3v) is 3.10. The highest BCUT2D eigenvalue weighted by Gasteiger charge is 2.16. The molecule has 0 aliphatic rings. The maximum Gasteiger partial charge on any atom is 0.127 e. The number of halogens is 2. The van der Waals surface area contributed by atoms with Crippen LogP contribution in [-0.4, -0.2) is 6.54 Å². The van der Waals surface area contributed by atoms with E-state index in [9.17, 15) is 8.78 Å². The van der Waals surface area contributed by atoms with Gasteiger partial charge >= 0.3 is 0 Å². The molecule has 2 rings (SSSR count). The molecule has 1 unspecified atom stereocenters. The van der Waals surface area contributed by atoms with E-state index in [1.807, 2.05) is 0 Å². The fourth-order valence-electron chi connectivity index (χ4n) is 2.08. The van der Waals surface area contributed by atoms with E-state index in [2.05, 4.69) is 0 Å². The Balaban J connectivity index is 2.45. The molecule has 0 radical (unpaired) electrons. The Bertz CT molecular complexity index is 552. The molecule has 0 saturated carbocycles. The second-order valence-corrected chi connectivity index (χ2v) is 4.32. The van der Waals surface area contributed by atoms with E-state index in [0.717, 1.165) is 5.56 Å². The van der Waals surface area contributed by atoms with Crippen molar-refractivity contribution in [3.8, 4) is 0 Å². The molecule has 2 N–H and O–H groups in total. The van der Waals surface area contributed by atoms with Crippen LogP contribution in [0.4, 0.5) is 8.78 Å². The third kappa shape index (κ3) is 2.41. The largest absolute Gasteiger partial charge is 0.330 e. The maximum absolute atomic E-state index is 13.8. The number of benzene rings is 2. The molecule has 0 spiro atoms. The Morgan fingerprint density at radius 3 is 2.39 bits per heavy atom. The summed E-state index contributed by atoms with van der Waals surface area (Å²) in [6.45, 7) is 1.97. The van der Waals surface area contributed by atoms with Crippen molar-refractivity contribution >= 4 is 0 Å². The third-order valence-electron chi connectivity index (χ3n) is 3.10. The van der Waals surface area contributed by atoms with Gasteiger partial charge in [-0.25, -0.2) is 8.78 Å². The molecule has 0 aliphatic heterocycles. The Morgan fingerprint density at radius 1 is 1.06 bits per heavy atom. The van der Waals surface area contributed by atoms with Crippen molar-refractivity contribution in [3.63, 3.8) is 0 Å². The zero-order valence-electron chi connectivity index (χ0n) is 10.2. The highest BCUT2D eigenvalue weighted by molar-refractivity contribution is 5.36. The van der Waals surface area contributed by atoms with Crippen molar-refractivity contribution in [2.45, 2.75) is 12.8 Å². The first kappa shape index (κ1) is 12.7. The van der Waals surface area contributed by atoms with Crippen LogP contribution >= 0.6 is 0 Å². The van der Waals surface area contributed by atoms with Gasteiger partial charge < -0.3 is 5.73 Å². The number of aryl methyl sites for hydroxylation is 1. The van der Waals surface area contributed by atoms with Gasteiger partial charge in [-0.15, -0.1) is 0 Å². The van der Waals surface area contributed by atoms with Crippen molar-refractivity contribution in [1.29, 1.82) is 0 Å². The summed E-state index contributed by atoms with van der Waals surface area (Å²) in [5, 5.41) is 0. The lowest BCUT2D eigenvalue weighted by Crippen LogP contribution is -2.15. The summed E-state index contributed by atoms with van der Waals surface area (Å²) in [6, 6.07) is 11.3. The predicted octanol–water partition coefficient (Wildman–Crippen LogP) is 3.36. The highest BCUT2D eigenvalue weighted by atomic mass is 19.1. The lowest BCUT2D eigenvalue weighted by Gasteiger charge is -2.17. The summed E-state index contributed by atoms with van der Waals surface area (Å²) in [4.78, 5) is 0. The van der Waals surface area contributed by atoms with Gasteiger partial charge in [-0.3, -0.25) is 0 Å². The molecular formula is C15H15F2N. The quantitative estimate of drug-likeness (QED) is 0.884. The Labute approximate surface area is 105 Å². The zero-order chi connectivity index (χ0) is 13.1. The van der Waals surface area contributed by atoms with Crippen LogP contribution in [-0.2, 0) is 0 Å². The Hall–Kier alpha value is -1.74. The SMILES string of the molecule is Cc1cc(C(CN)c2ccccc2F)ccc1F. The Morgan fingerprint density at radius 2 is 1.78 bits per heavy atom. The molecule has 94 valence electrons. The van der Waals surface area contributed by atoms with Gasteiger partial charge in [0.05, 0.1) is 0 Å². The lowest BCUT2D eigenvalue weighted by atomic mass is 9.90. The first-order chi connectivity index (χ1) is 8.63. The topological polar surface area (TPSA) is 26.0 Å². The van der Waals surface area contributed by atoms with Crippen LogP contribution in [0, 0.1) is 18.6 Å². The molecule has 3 heteroatoms. The fraction of sp³-hybridized carbons (Fsp3) is 0.200. The van der Waals surface area contributed by atoms with Crippen molar-refractivity contribution in [2.24, 2.45) is 5.73 Å². The Kier molecular flexibility index (Phi) is 3.72. The molecule has 0 fully saturated rings. The van der Waals surface area contributed by atoms with Crippen LogP contribution in [0.2, 0.25) is 0 Å². The minimum Gasteiger partial charge on any atom is -0.330 e. The molecule has 0 bridgehead atoms. The van der Waals surface area contributed by atoms with Crippen LogP contribution in [0.25, 0.3) is 0 Å². The van der Waals surface area contributed by atoms with Gasteiger partial charge in [0.15, 0.2) is 0 Å². The van der Waals surface area contributed by atoms with Gasteiger partial charge in [0.2, 0.25) is 0 Å². The summed E-state index contributed by atoms with van der Waals surface area (Å²) in [6.07, 6.45) is 0. The zero-order valence-corrected chi connectivity index (χ0v) is 10.2. The lowest BCUT2D eigenvalue weighted by molar-refractivity contribution is 0.595. The summed E-state index contributed by atoms with van der Waals surface area (Å²) in [5.41, 5.74) is 7.66. The van der Waals surface area contributed by atoms with Crippen LogP contribution in [0.1, 0.15) is 22.6 Å². The smallest absolute Gasteiger partial charge is 0.127 e. The molecule has 0 heterocycles. The summed E-state index contributed by atoms with van der Waals surface area (Å²) in [5.74, 6) is -0.788. The van der Waals surface area contributed by atoms with Crippen LogP contribution in [0.3, 0.4) is 0 Å². The van der Waals surface area contributed by atoms with Gasteiger partial charge in [-0.2, -0.15) is 0 Å². The van der Waals surface area contributed by atoms with Gasteiger partial charge in [-0.05, 0) is 35.7 Å². The van der Waals surface area contributed by atoms with Crippen LogP contribution in [0.5, 0.6) is 0 Å². The van der Waals surface area contributed by atoms with Gasteiger partial charge in [0.25, 0.3) is 0 Å². The van der Waals surface area contributed by atoms with E-state index in [1.54, 1.807) is 37.3 Å². The predicted molar refractivity (Wildman–Crippen MR) is 68.4 cm³/mol. The molecule has 0 amide bonds. The molecule has 0 aromatic heterocycles. The average molecular weight is 247 g/mol. The standard InChI is InChI=1S/C15H15F2N/c1-10-8-11(6-7-14(10)16)13(9-18)12-4-2-3-5-15(12)17/h2-8,13H,9,18H2,1H3. The van der Waals surface area contributed by atoms with Gasteiger partial charge in [-0.1, -0.05) is 30.3 Å². The monoisotopic (exact) mass is 247 g/mol. The summed E-state index contributed by atoms with van der Waals surface area (Å²) in [7, 11) is 0. The first-order valence-electron chi connectivity index (χ1n) is 5.84. The second-order valence-electron chi connectivity index (χ2n) is 4.32. The van der Waals surface area contributed by atoms with E-state index in [4.69, 9.17) is 5.73 Å². The average Bonchev–Trinajstić information content (AvgIpc) is 2.37. The van der Waals surface area contributed by atoms with Crippen molar-refractivity contribution in [3.05, 3.63) is 70.8 Å². The van der Waals surface area contributed by atoms with Gasteiger partial charge in [0, 0.05) is 12.5 Å². The molecule has 2 aromatic carbocycles.